The van der Waals surface area contributed by atoms with Gasteiger partial charge in [-0.1, -0.05) is 20.4 Å². The minimum Gasteiger partial charge on any atom is -0.351 e. The van der Waals surface area contributed by atoms with E-state index in [9.17, 15) is 4.79 Å². The molecule has 1 atom stereocenters. The summed E-state index contributed by atoms with van der Waals surface area (Å²) < 4.78 is 4.91. The van der Waals surface area contributed by atoms with Gasteiger partial charge < -0.3 is 15.2 Å². The monoisotopic (exact) mass is 187 g/mol. The van der Waals surface area contributed by atoms with Crippen LogP contribution in [0.1, 0.15) is 20.8 Å². The normalized spacial score (nSPS) is 12.7. The lowest BCUT2D eigenvalue weighted by Crippen LogP contribution is -2.37. The van der Waals surface area contributed by atoms with E-state index in [1.165, 1.54) is 0 Å². The molecule has 1 amide bonds. The minimum absolute atomic E-state index is 0.316. The highest BCUT2D eigenvalue weighted by molar-refractivity contribution is 5.92. The molecule has 0 spiro atoms. The van der Waals surface area contributed by atoms with E-state index in [0.717, 1.165) is 0 Å². The summed E-state index contributed by atoms with van der Waals surface area (Å²) in [6, 6.07) is 0. The first kappa shape index (κ1) is 12.1. The molecular formula is C9H17NO3. The molecular weight excluding hydrogens is 170 g/mol. The molecule has 0 aromatic heterocycles. The number of aliphatic hydroxyl groups excluding tert-OH is 1. The fraction of sp³-hybridized carbons (Fsp3) is 0.667. The average Bonchev–Trinajstić information content (AvgIpc) is 2.00. The topological polar surface area (TPSA) is 58.6 Å². The Balaban J connectivity index is 3.68. The molecule has 0 bridgehead atoms. The molecule has 0 aromatic rings. The number of nitrogens with one attached hydrogen (secondary N) is 1. The number of carbonyl (C=O) groups excluding carboxylic acids is 1. The van der Waals surface area contributed by atoms with Crippen LogP contribution < -0.4 is 5.32 Å². The van der Waals surface area contributed by atoms with Gasteiger partial charge >= 0.3 is 0 Å². The SMILES string of the molecule is C=C(C)C(=O)NC(O)OCC(C)C. The van der Waals surface area contributed by atoms with Crippen LogP contribution in [-0.4, -0.2) is 24.0 Å². The molecule has 0 aliphatic carbocycles. The Kier molecular flexibility index (Phi) is 5.34. The van der Waals surface area contributed by atoms with Crippen LogP contribution in [0.3, 0.4) is 0 Å². The molecule has 2 N–H and O–H groups in total. The summed E-state index contributed by atoms with van der Waals surface area (Å²) in [7, 11) is 0. The molecule has 0 saturated heterocycles. The summed E-state index contributed by atoms with van der Waals surface area (Å²) in [6.45, 7) is 9.29. The lowest BCUT2D eigenvalue weighted by molar-refractivity contribution is -0.147. The van der Waals surface area contributed by atoms with Crippen molar-refractivity contribution in [2.75, 3.05) is 6.61 Å². The fourth-order valence-electron chi connectivity index (χ4n) is 0.561. The molecule has 0 radical (unpaired) electrons. The van der Waals surface area contributed by atoms with E-state index in [0.29, 0.717) is 18.1 Å². The van der Waals surface area contributed by atoms with E-state index in [1.54, 1.807) is 6.92 Å². The van der Waals surface area contributed by atoms with Crippen molar-refractivity contribution in [1.29, 1.82) is 0 Å². The number of carbonyl (C=O) groups is 1. The van der Waals surface area contributed by atoms with Gasteiger partial charge in [-0.2, -0.15) is 0 Å². The number of rotatable bonds is 5. The van der Waals surface area contributed by atoms with Crippen molar-refractivity contribution in [3.05, 3.63) is 12.2 Å². The maximum atomic E-state index is 10.9. The van der Waals surface area contributed by atoms with Crippen LogP contribution in [0.2, 0.25) is 0 Å². The van der Waals surface area contributed by atoms with Crippen LogP contribution in [0.25, 0.3) is 0 Å². The first-order valence-electron chi connectivity index (χ1n) is 4.19. The first-order chi connectivity index (χ1) is 5.93. The maximum absolute atomic E-state index is 10.9. The molecule has 4 nitrogen and oxygen atoms in total. The summed E-state index contributed by atoms with van der Waals surface area (Å²) in [5.74, 6) is -0.0902. The third-order valence-corrected chi connectivity index (χ3v) is 1.23. The van der Waals surface area contributed by atoms with Crippen LogP contribution in [0.4, 0.5) is 0 Å². The minimum atomic E-state index is -1.24. The van der Waals surface area contributed by atoms with Crippen molar-refractivity contribution < 1.29 is 14.6 Å². The molecule has 1 unspecified atom stereocenters. The third-order valence-electron chi connectivity index (χ3n) is 1.23. The van der Waals surface area contributed by atoms with Gasteiger partial charge in [0.2, 0.25) is 12.3 Å². The highest BCUT2D eigenvalue weighted by atomic mass is 16.6. The molecule has 0 aromatic carbocycles. The van der Waals surface area contributed by atoms with Gasteiger partial charge in [0.1, 0.15) is 0 Å². The number of amides is 1. The quantitative estimate of drug-likeness (QED) is 0.490. The maximum Gasteiger partial charge on any atom is 0.250 e. The highest BCUT2D eigenvalue weighted by Gasteiger charge is 2.09. The van der Waals surface area contributed by atoms with Crippen molar-refractivity contribution in [2.24, 2.45) is 5.92 Å². The van der Waals surface area contributed by atoms with Crippen molar-refractivity contribution in [3.63, 3.8) is 0 Å². The highest BCUT2D eigenvalue weighted by Crippen LogP contribution is 1.95. The Morgan fingerprint density at radius 1 is 1.62 bits per heavy atom. The summed E-state index contributed by atoms with van der Waals surface area (Å²) in [6.07, 6.45) is -1.24. The predicted octanol–water partition coefficient (Wildman–Crippen LogP) is 0.627. The Hall–Kier alpha value is -0.870. The molecule has 0 aliphatic rings. The fourth-order valence-corrected chi connectivity index (χ4v) is 0.561. The summed E-state index contributed by atoms with van der Waals surface area (Å²) in [4.78, 5) is 10.9. The number of aliphatic hydroxyl groups is 1. The predicted molar refractivity (Wildman–Crippen MR) is 49.8 cm³/mol. The second kappa shape index (κ2) is 5.72. The zero-order valence-electron chi connectivity index (χ0n) is 8.33. The summed E-state index contributed by atoms with van der Waals surface area (Å²) in [5.41, 5.74) is 0.340. The van der Waals surface area contributed by atoms with Crippen LogP contribution >= 0.6 is 0 Å². The number of hydrogen-bond acceptors (Lipinski definition) is 3. The van der Waals surface area contributed by atoms with Gasteiger partial charge in [0.25, 0.3) is 0 Å². The van der Waals surface area contributed by atoms with E-state index in [1.807, 2.05) is 13.8 Å². The molecule has 76 valence electrons. The first-order valence-corrected chi connectivity index (χ1v) is 4.19. The van der Waals surface area contributed by atoms with Gasteiger partial charge in [-0.25, -0.2) is 0 Å². The van der Waals surface area contributed by atoms with Crippen LogP contribution in [-0.2, 0) is 9.53 Å². The zero-order valence-corrected chi connectivity index (χ0v) is 8.33. The molecule has 0 saturated carbocycles. The standard InChI is InChI=1S/C9H17NO3/c1-6(2)5-13-9(12)10-8(11)7(3)4/h6,9,12H,3,5H2,1-2,4H3,(H,10,11). The van der Waals surface area contributed by atoms with E-state index < -0.39 is 12.3 Å². The molecule has 0 rings (SSSR count). The second-order valence-corrected chi connectivity index (χ2v) is 3.33. The third kappa shape index (κ3) is 6.31. The lowest BCUT2D eigenvalue weighted by atomic mass is 10.2. The Labute approximate surface area is 78.6 Å². The van der Waals surface area contributed by atoms with Crippen molar-refractivity contribution >= 4 is 5.91 Å². The van der Waals surface area contributed by atoms with Gasteiger partial charge in [0.15, 0.2) is 0 Å². The number of hydrogen-bond donors (Lipinski definition) is 2. The van der Waals surface area contributed by atoms with Crippen LogP contribution in [0.15, 0.2) is 12.2 Å². The molecule has 0 fully saturated rings. The van der Waals surface area contributed by atoms with E-state index in [4.69, 9.17) is 9.84 Å². The van der Waals surface area contributed by atoms with Gasteiger partial charge in [-0.05, 0) is 12.8 Å². The molecule has 0 heterocycles. The van der Waals surface area contributed by atoms with Crippen LogP contribution in [0.5, 0.6) is 0 Å². The largest absolute Gasteiger partial charge is 0.351 e. The van der Waals surface area contributed by atoms with Crippen molar-refractivity contribution in [2.45, 2.75) is 27.2 Å². The Bertz CT molecular complexity index is 189. The summed E-state index contributed by atoms with van der Waals surface area (Å²) >= 11 is 0. The van der Waals surface area contributed by atoms with Crippen LogP contribution in [0, 0.1) is 5.92 Å². The van der Waals surface area contributed by atoms with Gasteiger partial charge in [-0.15, -0.1) is 0 Å². The van der Waals surface area contributed by atoms with Crippen molar-refractivity contribution in [3.8, 4) is 0 Å². The smallest absolute Gasteiger partial charge is 0.250 e. The zero-order chi connectivity index (χ0) is 10.4. The van der Waals surface area contributed by atoms with Gasteiger partial charge in [0, 0.05) is 5.57 Å². The summed E-state index contributed by atoms with van der Waals surface area (Å²) in [5, 5.41) is 11.4. The molecule has 0 aliphatic heterocycles. The Morgan fingerprint density at radius 3 is 2.54 bits per heavy atom. The van der Waals surface area contributed by atoms with Gasteiger partial charge in [0.05, 0.1) is 6.61 Å². The molecule has 13 heavy (non-hydrogen) atoms. The van der Waals surface area contributed by atoms with E-state index in [2.05, 4.69) is 11.9 Å². The van der Waals surface area contributed by atoms with E-state index >= 15 is 0 Å². The molecule has 4 heteroatoms. The Morgan fingerprint density at radius 2 is 2.15 bits per heavy atom. The van der Waals surface area contributed by atoms with Crippen molar-refractivity contribution in [1.82, 2.24) is 5.32 Å². The average molecular weight is 187 g/mol. The van der Waals surface area contributed by atoms with E-state index in [-0.39, 0.29) is 0 Å². The number of ether oxygens (including phenoxy) is 1. The van der Waals surface area contributed by atoms with Gasteiger partial charge in [-0.3, -0.25) is 4.79 Å². The lowest BCUT2D eigenvalue weighted by Gasteiger charge is -2.14. The second-order valence-electron chi connectivity index (χ2n) is 3.33.